The summed E-state index contributed by atoms with van der Waals surface area (Å²) in [5, 5.41) is 7.09. The summed E-state index contributed by atoms with van der Waals surface area (Å²) >= 11 is 0. The molecule has 3 aromatic rings. The molecule has 0 spiro atoms. The Morgan fingerprint density at radius 1 is 1.12 bits per heavy atom. The number of rotatable bonds is 2. The highest BCUT2D eigenvalue weighted by atomic mass is 16.2. The van der Waals surface area contributed by atoms with Gasteiger partial charge in [-0.15, -0.1) is 5.10 Å². The molecule has 1 aliphatic rings. The Hall–Kier alpha value is -3.35. The van der Waals surface area contributed by atoms with Gasteiger partial charge < -0.3 is 16.0 Å². The molecule has 0 unspecified atom stereocenters. The van der Waals surface area contributed by atoms with E-state index in [1.54, 1.807) is 28.2 Å². The molecule has 0 saturated heterocycles. The summed E-state index contributed by atoms with van der Waals surface area (Å²) in [5.74, 6) is 0.283. The standard InChI is InChI=1S/C17H16N6O/c18-16-15(11-23(21-16)14-4-2-1-3-5-14)20-17(24)22-9-12-6-7-19-8-13(12)10-22/h1-8,11H,9-10H2,(H2,18,21)(H,20,24). The molecule has 24 heavy (non-hydrogen) atoms. The molecule has 0 saturated carbocycles. The van der Waals surface area contributed by atoms with Crippen molar-refractivity contribution in [1.82, 2.24) is 19.7 Å². The maximum Gasteiger partial charge on any atom is 0.322 e. The van der Waals surface area contributed by atoms with Crippen molar-refractivity contribution < 1.29 is 4.79 Å². The van der Waals surface area contributed by atoms with Crippen LogP contribution < -0.4 is 11.1 Å². The van der Waals surface area contributed by atoms with Gasteiger partial charge in [0.1, 0.15) is 5.69 Å². The van der Waals surface area contributed by atoms with Gasteiger partial charge >= 0.3 is 6.03 Å². The Bertz CT molecular complexity index is 864. The molecule has 120 valence electrons. The second-order valence-electron chi connectivity index (χ2n) is 5.64. The number of anilines is 2. The number of urea groups is 1. The molecule has 1 aromatic carbocycles. The number of benzene rings is 1. The fourth-order valence-corrected chi connectivity index (χ4v) is 2.75. The van der Waals surface area contributed by atoms with Gasteiger partial charge in [-0.2, -0.15) is 0 Å². The Balaban J connectivity index is 1.50. The maximum absolute atomic E-state index is 12.5. The monoisotopic (exact) mass is 320 g/mol. The molecule has 4 rings (SSSR count). The van der Waals surface area contributed by atoms with E-state index >= 15 is 0 Å². The van der Waals surface area contributed by atoms with Gasteiger partial charge in [0, 0.05) is 25.5 Å². The van der Waals surface area contributed by atoms with Crippen molar-refractivity contribution in [3.63, 3.8) is 0 Å². The lowest BCUT2D eigenvalue weighted by Crippen LogP contribution is -2.30. The Morgan fingerprint density at radius 3 is 2.71 bits per heavy atom. The minimum absolute atomic E-state index is 0.203. The van der Waals surface area contributed by atoms with Crippen LogP contribution in [0.4, 0.5) is 16.3 Å². The van der Waals surface area contributed by atoms with Gasteiger partial charge in [-0.3, -0.25) is 4.98 Å². The lowest BCUT2D eigenvalue weighted by molar-refractivity contribution is 0.212. The Labute approximate surface area is 138 Å². The van der Waals surface area contributed by atoms with E-state index < -0.39 is 0 Å². The number of nitrogens with zero attached hydrogens (tertiary/aromatic N) is 4. The van der Waals surface area contributed by atoms with E-state index in [-0.39, 0.29) is 11.8 Å². The number of hydrogen-bond acceptors (Lipinski definition) is 4. The van der Waals surface area contributed by atoms with Crippen molar-refractivity contribution in [3.8, 4) is 5.69 Å². The van der Waals surface area contributed by atoms with Crippen LogP contribution in [0.3, 0.4) is 0 Å². The van der Waals surface area contributed by atoms with Crippen LogP contribution in [0.1, 0.15) is 11.1 Å². The number of pyridine rings is 1. The first kappa shape index (κ1) is 14.3. The number of nitrogen functional groups attached to an aromatic ring is 1. The first-order valence-corrected chi connectivity index (χ1v) is 7.59. The zero-order chi connectivity index (χ0) is 16.5. The summed E-state index contributed by atoms with van der Waals surface area (Å²) < 4.78 is 1.65. The second kappa shape index (κ2) is 5.69. The third-order valence-electron chi connectivity index (χ3n) is 4.02. The molecule has 3 heterocycles. The van der Waals surface area contributed by atoms with E-state index in [0.29, 0.717) is 18.8 Å². The van der Waals surface area contributed by atoms with Gasteiger partial charge in [0.15, 0.2) is 5.82 Å². The number of amides is 2. The molecule has 0 atom stereocenters. The van der Waals surface area contributed by atoms with Crippen LogP contribution in [0.5, 0.6) is 0 Å². The van der Waals surface area contributed by atoms with Crippen molar-refractivity contribution in [1.29, 1.82) is 0 Å². The maximum atomic E-state index is 12.5. The van der Waals surface area contributed by atoms with Crippen LogP contribution in [0.2, 0.25) is 0 Å². The number of para-hydroxylation sites is 1. The Morgan fingerprint density at radius 2 is 1.92 bits per heavy atom. The van der Waals surface area contributed by atoms with Gasteiger partial charge in [0.05, 0.1) is 11.9 Å². The molecule has 2 aromatic heterocycles. The van der Waals surface area contributed by atoms with Crippen LogP contribution in [0.15, 0.2) is 55.0 Å². The summed E-state index contributed by atoms with van der Waals surface area (Å²) in [6, 6.07) is 11.3. The predicted octanol–water partition coefficient (Wildman–Crippen LogP) is 2.40. The van der Waals surface area contributed by atoms with Crippen LogP contribution in [0, 0.1) is 0 Å². The molecule has 7 heteroatoms. The largest absolute Gasteiger partial charge is 0.380 e. The molecule has 0 radical (unpaired) electrons. The first-order chi connectivity index (χ1) is 11.7. The second-order valence-corrected chi connectivity index (χ2v) is 5.64. The summed E-state index contributed by atoms with van der Waals surface area (Å²) in [6.45, 7) is 1.11. The molecule has 0 fully saturated rings. The van der Waals surface area contributed by atoms with Crippen LogP contribution in [-0.4, -0.2) is 25.7 Å². The molecule has 1 aliphatic heterocycles. The number of carbonyl (C=O) groups is 1. The van der Waals surface area contributed by atoms with Gasteiger partial charge in [0.25, 0.3) is 0 Å². The number of fused-ring (bicyclic) bond motifs is 1. The van der Waals surface area contributed by atoms with E-state index in [9.17, 15) is 4.79 Å². The average Bonchev–Trinajstić information content (AvgIpc) is 3.20. The molecule has 3 N–H and O–H groups in total. The number of carbonyl (C=O) groups excluding carboxylic acids is 1. The normalized spacial score (nSPS) is 12.9. The summed E-state index contributed by atoms with van der Waals surface area (Å²) in [6.07, 6.45) is 5.25. The van der Waals surface area contributed by atoms with Gasteiger partial charge in [-0.05, 0) is 29.3 Å². The summed E-state index contributed by atoms with van der Waals surface area (Å²) in [4.78, 5) is 18.3. The zero-order valence-corrected chi connectivity index (χ0v) is 12.9. The zero-order valence-electron chi connectivity index (χ0n) is 12.9. The smallest absolute Gasteiger partial charge is 0.322 e. The molecule has 0 bridgehead atoms. The summed E-state index contributed by atoms with van der Waals surface area (Å²) in [5.41, 5.74) is 9.50. The highest BCUT2D eigenvalue weighted by molar-refractivity contribution is 5.92. The van der Waals surface area contributed by atoms with E-state index in [0.717, 1.165) is 16.8 Å². The van der Waals surface area contributed by atoms with Crippen molar-refractivity contribution >= 4 is 17.5 Å². The summed E-state index contributed by atoms with van der Waals surface area (Å²) in [7, 11) is 0. The SMILES string of the molecule is Nc1nn(-c2ccccc2)cc1NC(=O)N1Cc2ccncc2C1. The minimum Gasteiger partial charge on any atom is -0.380 e. The van der Waals surface area contributed by atoms with Crippen molar-refractivity contribution in [2.45, 2.75) is 13.1 Å². The van der Waals surface area contributed by atoms with Crippen LogP contribution in [0.25, 0.3) is 5.69 Å². The van der Waals surface area contributed by atoms with E-state index in [2.05, 4.69) is 15.4 Å². The fraction of sp³-hybridized carbons (Fsp3) is 0.118. The number of nitrogens with one attached hydrogen (secondary N) is 1. The molecule has 2 amide bonds. The molecule has 0 aliphatic carbocycles. The van der Waals surface area contributed by atoms with E-state index in [1.165, 1.54) is 0 Å². The quantitative estimate of drug-likeness (QED) is 0.759. The van der Waals surface area contributed by atoms with Gasteiger partial charge in [0.2, 0.25) is 0 Å². The molecule has 7 nitrogen and oxygen atoms in total. The third-order valence-corrected chi connectivity index (χ3v) is 4.02. The number of nitrogens with two attached hydrogens (primary N) is 1. The van der Waals surface area contributed by atoms with Crippen molar-refractivity contribution in [2.75, 3.05) is 11.1 Å². The predicted molar refractivity (Wildman–Crippen MR) is 90.5 cm³/mol. The average molecular weight is 320 g/mol. The van der Waals surface area contributed by atoms with Gasteiger partial charge in [-0.25, -0.2) is 9.48 Å². The van der Waals surface area contributed by atoms with E-state index in [4.69, 9.17) is 5.73 Å². The van der Waals surface area contributed by atoms with Crippen LogP contribution in [-0.2, 0) is 13.1 Å². The third kappa shape index (κ3) is 2.56. The van der Waals surface area contributed by atoms with E-state index in [1.807, 2.05) is 36.4 Å². The highest BCUT2D eigenvalue weighted by Gasteiger charge is 2.24. The van der Waals surface area contributed by atoms with Crippen molar-refractivity contribution in [2.24, 2.45) is 0 Å². The molecular weight excluding hydrogens is 304 g/mol. The lowest BCUT2D eigenvalue weighted by atomic mass is 10.2. The van der Waals surface area contributed by atoms with Crippen LogP contribution >= 0.6 is 0 Å². The topological polar surface area (TPSA) is 89.1 Å². The fourth-order valence-electron chi connectivity index (χ4n) is 2.75. The minimum atomic E-state index is -0.203. The molecular formula is C17H16N6O. The number of aromatic nitrogens is 3. The highest BCUT2D eigenvalue weighted by Crippen LogP contribution is 2.24. The van der Waals surface area contributed by atoms with Gasteiger partial charge in [-0.1, -0.05) is 18.2 Å². The number of hydrogen-bond donors (Lipinski definition) is 2. The lowest BCUT2D eigenvalue weighted by Gasteiger charge is -2.15. The Kier molecular flexibility index (Phi) is 3.38. The first-order valence-electron chi connectivity index (χ1n) is 7.59. The van der Waals surface area contributed by atoms with Crippen molar-refractivity contribution in [3.05, 3.63) is 66.1 Å².